The van der Waals surface area contributed by atoms with Gasteiger partial charge in [0.1, 0.15) is 12.3 Å². The quantitative estimate of drug-likeness (QED) is 0.831. The molecule has 2 amide bonds. The monoisotopic (exact) mass is 294 g/mol. The summed E-state index contributed by atoms with van der Waals surface area (Å²) in [7, 11) is 1.76. The minimum atomic E-state index is -0.230. The van der Waals surface area contributed by atoms with Crippen LogP contribution in [0, 0.1) is 5.92 Å². The van der Waals surface area contributed by atoms with Gasteiger partial charge in [-0.3, -0.25) is 14.3 Å². The molecule has 1 aliphatic heterocycles. The first-order valence-electron chi connectivity index (χ1n) is 7.13. The largest absolute Gasteiger partial charge is 0.365 e. The molecule has 0 spiro atoms. The third-order valence-electron chi connectivity index (χ3n) is 3.24. The summed E-state index contributed by atoms with van der Waals surface area (Å²) in [6.45, 7) is 5.82. The molecule has 0 radical (unpaired) electrons. The highest BCUT2D eigenvalue weighted by molar-refractivity contribution is 5.92. The summed E-state index contributed by atoms with van der Waals surface area (Å²) >= 11 is 0. The number of carbonyl (C=O) groups is 2. The van der Waals surface area contributed by atoms with E-state index in [0.29, 0.717) is 31.2 Å². The lowest BCUT2D eigenvalue weighted by Gasteiger charge is -2.33. The Morgan fingerprint density at radius 2 is 2.33 bits per heavy atom. The number of rotatable bonds is 5. The molecule has 7 heteroatoms. The lowest BCUT2D eigenvalue weighted by Crippen LogP contribution is -2.51. The highest BCUT2D eigenvalue weighted by Crippen LogP contribution is 2.09. The van der Waals surface area contributed by atoms with Crippen molar-refractivity contribution in [2.75, 3.05) is 26.2 Å². The van der Waals surface area contributed by atoms with Gasteiger partial charge in [-0.2, -0.15) is 5.10 Å². The average molecular weight is 294 g/mol. The van der Waals surface area contributed by atoms with Crippen molar-refractivity contribution in [2.24, 2.45) is 13.0 Å². The van der Waals surface area contributed by atoms with Gasteiger partial charge in [-0.25, -0.2) is 0 Å². The topological polar surface area (TPSA) is 76.5 Å². The van der Waals surface area contributed by atoms with E-state index in [2.05, 4.69) is 24.3 Å². The van der Waals surface area contributed by atoms with Crippen LogP contribution in [-0.2, 0) is 16.6 Å². The van der Waals surface area contributed by atoms with Crippen molar-refractivity contribution in [2.45, 2.75) is 20.0 Å². The summed E-state index contributed by atoms with van der Waals surface area (Å²) in [5.41, 5.74) is 0.378. The molecule has 1 aliphatic rings. The number of hydrogen-bond donors (Lipinski definition) is 1. The van der Waals surface area contributed by atoms with Gasteiger partial charge >= 0.3 is 0 Å². The van der Waals surface area contributed by atoms with Gasteiger partial charge in [0.25, 0.3) is 5.91 Å². The molecule has 21 heavy (non-hydrogen) atoms. The van der Waals surface area contributed by atoms with Gasteiger partial charge in [-0.05, 0) is 12.0 Å². The molecular formula is C14H22N4O3. The Hall–Kier alpha value is -1.89. The highest BCUT2D eigenvalue weighted by Gasteiger charge is 2.27. The second-order valence-corrected chi connectivity index (χ2v) is 5.71. The van der Waals surface area contributed by atoms with Crippen molar-refractivity contribution in [3.63, 3.8) is 0 Å². The van der Waals surface area contributed by atoms with E-state index < -0.39 is 0 Å². The number of ether oxygens (including phenoxy) is 1. The second-order valence-electron chi connectivity index (χ2n) is 5.71. The first kappa shape index (κ1) is 15.5. The zero-order valence-corrected chi connectivity index (χ0v) is 12.7. The van der Waals surface area contributed by atoms with Crippen molar-refractivity contribution in [3.05, 3.63) is 18.0 Å². The molecule has 1 N–H and O–H groups in total. The number of amides is 2. The molecule has 0 bridgehead atoms. The fourth-order valence-electron chi connectivity index (χ4n) is 2.25. The SMILES string of the molecule is CC(C)CN1CC(CNC(=O)c2ccn(C)n2)OCC1=O. The first-order valence-corrected chi connectivity index (χ1v) is 7.13. The minimum absolute atomic E-state index is 0.0102. The molecule has 2 heterocycles. The molecule has 7 nitrogen and oxygen atoms in total. The van der Waals surface area contributed by atoms with Crippen LogP contribution in [0.5, 0.6) is 0 Å². The maximum atomic E-state index is 11.9. The lowest BCUT2D eigenvalue weighted by molar-refractivity contribution is -0.149. The van der Waals surface area contributed by atoms with Crippen LogP contribution in [-0.4, -0.2) is 58.8 Å². The Labute approximate surface area is 124 Å². The van der Waals surface area contributed by atoms with Crippen molar-refractivity contribution in [1.82, 2.24) is 20.0 Å². The maximum Gasteiger partial charge on any atom is 0.271 e. The predicted molar refractivity (Wildman–Crippen MR) is 76.7 cm³/mol. The van der Waals surface area contributed by atoms with E-state index >= 15 is 0 Å². The predicted octanol–water partition coefficient (Wildman–Crippen LogP) is 0.0333. The fraction of sp³-hybridized carbons (Fsp3) is 0.643. The van der Waals surface area contributed by atoms with E-state index in [1.165, 1.54) is 0 Å². The van der Waals surface area contributed by atoms with Crippen LogP contribution in [0.1, 0.15) is 24.3 Å². The van der Waals surface area contributed by atoms with Gasteiger partial charge in [0.2, 0.25) is 5.91 Å². The van der Waals surface area contributed by atoms with Crippen molar-refractivity contribution >= 4 is 11.8 Å². The molecule has 116 valence electrons. The molecule has 1 fully saturated rings. The minimum Gasteiger partial charge on any atom is -0.365 e. The summed E-state index contributed by atoms with van der Waals surface area (Å²) in [6.07, 6.45) is 1.55. The van der Waals surface area contributed by atoms with E-state index in [-0.39, 0.29) is 24.5 Å². The smallest absolute Gasteiger partial charge is 0.271 e. The van der Waals surface area contributed by atoms with E-state index in [1.54, 1.807) is 28.9 Å². The van der Waals surface area contributed by atoms with Gasteiger partial charge in [-0.1, -0.05) is 13.8 Å². The van der Waals surface area contributed by atoms with Crippen molar-refractivity contribution in [1.29, 1.82) is 0 Å². The summed E-state index contributed by atoms with van der Waals surface area (Å²) < 4.78 is 7.04. The number of nitrogens with zero attached hydrogens (tertiary/aromatic N) is 3. The number of aryl methyl sites for hydroxylation is 1. The zero-order valence-electron chi connectivity index (χ0n) is 12.7. The summed E-state index contributed by atoms with van der Waals surface area (Å²) in [5, 5.41) is 6.83. The van der Waals surface area contributed by atoms with Crippen LogP contribution in [0.2, 0.25) is 0 Å². The maximum absolute atomic E-state index is 11.9. The Bertz CT molecular complexity index is 512. The highest BCUT2D eigenvalue weighted by atomic mass is 16.5. The molecule has 1 aromatic heterocycles. The Kier molecular flexibility index (Phi) is 4.95. The van der Waals surface area contributed by atoms with E-state index in [9.17, 15) is 9.59 Å². The number of carbonyl (C=O) groups excluding carboxylic acids is 2. The normalized spacial score (nSPS) is 19.1. The number of morpholine rings is 1. The Balaban J connectivity index is 1.83. The Morgan fingerprint density at radius 1 is 1.57 bits per heavy atom. The standard InChI is InChI=1S/C14H22N4O3/c1-10(2)7-18-8-11(21-9-13(18)19)6-15-14(20)12-4-5-17(3)16-12/h4-5,10-11H,6-9H2,1-3H3,(H,15,20). The molecule has 1 unspecified atom stereocenters. The van der Waals surface area contributed by atoms with E-state index in [4.69, 9.17) is 4.74 Å². The third kappa shape index (κ3) is 4.29. The lowest BCUT2D eigenvalue weighted by atomic mass is 10.1. The van der Waals surface area contributed by atoms with Crippen LogP contribution in [0.25, 0.3) is 0 Å². The van der Waals surface area contributed by atoms with Crippen molar-refractivity contribution in [3.8, 4) is 0 Å². The number of hydrogen-bond acceptors (Lipinski definition) is 4. The summed E-state index contributed by atoms with van der Waals surface area (Å²) in [5.74, 6) is 0.193. The second kappa shape index (κ2) is 6.71. The van der Waals surface area contributed by atoms with Crippen LogP contribution in [0.4, 0.5) is 0 Å². The third-order valence-corrected chi connectivity index (χ3v) is 3.24. The zero-order chi connectivity index (χ0) is 15.4. The van der Waals surface area contributed by atoms with Crippen LogP contribution < -0.4 is 5.32 Å². The van der Waals surface area contributed by atoms with Gasteiger partial charge in [0.05, 0.1) is 6.10 Å². The van der Waals surface area contributed by atoms with Gasteiger partial charge in [0.15, 0.2) is 0 Å². The molecule has 0 aliphatic carbocycles. The molecule has 1 atom stereocenters. The van der Waals surface area contributed by atoms with Crippen molar-refractivity contribution < 1.29 is 14.3 Å². The molecular weight excluding hydrogens is 272 g/mol. The molecule has 2 rings (SSSR count). The van der Waals surface area contributed by atoms with Gasteiger partial charge < -0.3 is 15.0 Å². The summed E-state index contributed by atoms with van der Waals surface area (Å²) in [6, 6.07) is 1.66. The van der Waals surface area contributed by atoms with Crippen LogP contribution in [0.3, 0.4) is 0 Å². The number of aromatic nitrogens is 2. The fourth-order valence-corrected chi connectivity index (χ4v) is 2.25. The molecule has 1 saturated heterocycles. The van der Waals surface area contributed by atoms with Crippen LogP contribution in [0.15, 0.2) is 12.3 Å². The average Bonchev–Trinajstić information content (AvgIpc) is 2.85. The Morgan fingerprint density at radius 3 is 2.95 bits per heavy atom. The van der Waals surface area contributed by atoms with E-state index in [0.717, 1.165) is 0 Å². The summed E-state index contributed by atoms with van der Waals surface area (Å²) in [4.78, 5) is 25.4. The van der Waals surface area contributed by atoms with E-state index in [1.807, 2.05) is 0 Å². The first-order chi connectivity index (χ1) is 9.95. The molecule has 0 aromatic carbocycles. The van der Waals surface area contributed by atoms with Gasteiger partial charge in [-0.15, -0.1) is 0 Å². The molecule has 0 saturated carbocycles. The molecule has 1 aromatic rings. The van der Waals surface area contributed by atoms with Gasteiger partial charge in [0, 0.05) is 32.9 Å². The van der Waals surface area contributed by atoms with Crippen LogP contribution >= 0.6 is 0 Å². The number of nitrogens with one attached hydrogen (secondary N) is 1.